The Balaban J connectivity index is 1.88. The lowest BCUT2D eigenvalue weighted by Crippen LogP contribution is -2.47. The predicted octanol–water partition coefficient (Wildman–Crippen LogP) is 1.24. The van der Waals surface area contributed by atoms with Crippen molar-refractivity contribution >= 4 is 35.1 Å². The molecule has 144 valence electrons. The van der Waals surface area contributed by atoms with Crippen molar-refractivity contribution in [1.82, 2.24) is 0 Å². The molecule has 3 amide bonds. The predicted molar refractivity (Wildman–Crippen MR) is 99.4 cm³/mol. The third-order valence-electron chi connectivity index (χ3n) is 4.18. The van der Waals surface area contributed by atoms with Gasteiger partial charge in [-0.3, -0.25) is 19.3 Å². The van der Waals surface area contributed by atoms with E-state index in [0.717, 1.165) is 4.90 Å². The summed E-state index contributed by atoms with van der Waals surface area (Å²) in [5.74, 6) is -2.66. The van der Waals surface area contributed by atoms with E-state index in [-0.39, 0.29) is 22.5 Å². The molecule has 9 heteroatoms. The van der Waals surface area contributed by atoms with E-state index >= 15 is 0 Å². The van der Waals surface area contributed by atoms with Gasteiger partial charge < -0.3 is 20.9 Å². The number of fused-ring (bicyclic) bond motifs is 1. The highest BCUT2D eigenvalue weighted by Crippen LogP contribution is 2.35. The zero-order chi connectivity index (χ0) is 20.4. The number of primary amides is 1. The van der Waals surface area contributed by atoms with Gasteiger partial charge in [0.1, 0.15) is 12.3 Å². The second kappa shape index (κ2) is 7.39. The van der Waals surface area contributed by atoms with Gasteiger partial charge in [0.2, 0.25) is 5.91 Å². The minimum absolute atomic E-state index is 0.0471. The van der Waals surface area contributed by atoms with E-state index in [9.17, 15) is 24.3 Å². The minimum atomic E-state index is -1.17. The third-order valence-corrected chi connectivity index (χ3v) is 4.18. The van der Waals surface area contributed by atoms with Gasteiger partial charge in [-0.1, -0.05) is 12.1 Å². The van der Waals surface area contributed by atoms with Gasteiger partial charge in [-0.15, -0.1) is 0 Å². The number of carboxylic acid groups (broad SMARTS) is 1. The molecule has 0 spiro atoms. The number of amides is 3. The van der Waals surface area contributed by atoms with E-state index in [1.54, 1.807) is 12.1 Å². The maximum absolute atomic E-state index is 12.5. The highest BCUT2D eigenvalue weighted by atomic mass is 16.5. The number of nitrogens with two attached hydrogens (primary N) is 1. The number of anilines is 2. The average molecular weight is 383 g/mol. The lowest BCUT2D eigenvalue weighted by molar-refractivity contribution is -0.127. The van der Waals surface area contributed by atoms with Gasteiger partial charge in [0, 0.05) is 0 Å². The summed E-state index contributed by atoms with van der Waals surface area (Å²) in [7, 11) is 0. The maximum atomic E-state index is 12.5. The van der Waals surface area contributed by atoms with Crippen LogP contribution in [0.4, 0.5) is 11.4 Å². The molecule has 0 radical (unpaired) electrons. The average Bonchev–Trinajstić information content (AvgIpc) is 2.65. The molecule has 2 aromatic rings. The number of carbonyl (C=O) groups is 4. The summed E-state index contributed by atoms with van der Waals surface area (Å²) in [6.45, 7) is 1.14. The molecule has 2 aromatic carbocycles. The van der Waals surface area contributed by atoms with E-state index < -0.39 is 36.3 Å². The molecule has 9 nitrogen and oxygen atoms in total. The molecule has 1 aliphatic heterocycles. The van der Waals surface area contributed by atoms with Crippen molar-refractivity contribution in [2.45, 2.75) is 13.0 Å². The molecule has 28 heavy (non-hydrogen) atoms. The first-order valence-electron chi connectivity index (χ1n) is 8.32. The summed E-state index contributed by atoms with van der Waals surface area (Å²) < 4.78 is 5.48. The Morgan fingerprint density at radius 3 is 2.61 bits per heavy atom. The first-order chi connectivity index (χ1) is 13.3. The van der Waals surface area contributed by atoms with Crippen LogP contribution in [0.25, 0.3) is 0 Å². The number of nitrogens with zero attached hydrogens (tertiary/aromatic N) is 1. The maximum Gasteiger partial charge on any atom is 0.335 e. The van der Waals surface area contributed by atoms with Crippen LogP contribution in [-0.2, 0) is 9.59 Å². The highest BCUT2D eigenvalue weighted by molar-refractivity contribution is 6.08. The summed E-state index contributed by atoms with van der Waals surface area (Å²) >= 11 is 0. The largest absolute Gasteiger partial charge is 0.479 e. The SMILES string of the molecule is CC1Oc2ccc(C(=O)O)cc2N(CC(=O)Nc2ccccc2C(N)=O)C1=O. The van der Waals surface area contributed by atoms with Gasteiger partial charge in [-0.05, 0) is 37.3 Å². The quantitative estimate of drug-likeness (QED) is 0.710. The molecule has 1 aliphatic rings. The van der Waals surface area contributed by atoms with Gasteiger partial charge >= 0.3 is 5.97 Å². The summed E-state index contributed by atoms with van der Waals surface area (Å²) in [4.78, 5) is 48.9. The standard InChI is InChI=1S/C19H17N3O6/c1-10-18(25)22(14-8-11(19(26)27)6-7-15(14)28-10)9-16(23)21-13-5-3-2-4-12(13)17(20)24/h2-8,10H,9H2,1H3,(H2,20,24)(H,21,23)(H,26,27). The van der Waals surface area contributed by atoms with Crippen LogP contribution in [0, 0.1) is 0 Å². The summed E-state index contributed by atoms with van der Waals surface area (Å²) in [6, 6.07) is 10.3. The third kappa shape index (κ3) is 3.63. The first-order valence-corrected chi connectivity index (χ1v) is 8.32. The second-order valence-corrected chi connectivity index (χ2v) is 6.13. The monoisotopic (exact) mass is 383 g/mol. The molecular formula is C19H17N3O6. The number of ether oxygens (including phenoxy) is 1. The van der Waals surface area contributed by atoms with Crippen LogP contribution in [0.5, 0.6) is 5.75 Å². The van der Waals surface area contributed by atoms with Crippen LogP contribution in [-0.4, -0.2) is 41.4 Å². The molecule has 0 aromatic heterocycles. The smallest absolute Gasteiger partial charge is 0.335 e. The Morgan fingerprint density at radius 1 is 1.21 bits per heavy atom. The number of carboxylic acids is 1. The van der Waals surface area contributed by atoms with Crippen LogP contribution >= 0.6 is 0 Å². The van der Waals surface area contributed by atoms with Gasteiger partial charge in [-0.25, -0.2) is 4.79 Å². The molecule has 1 unspecified atom stereocenters. The van der Waals surface area contributed by atoms with E-state index in [0.29, 0.717) is 5.75 Å². The van der Waals surface area contributed by atoms with Gasteiger partial charge in [0.05, 0.1) is 22.5 Å². The molecule has 0 bridgehead atoms. The van der Waals surface area contributed by atoms with Crippen molar-refractivity contribution < 1.29 is 29.0 Å². The molecular weight excluding hydrogens is 366 g/mol. The zero-order valence-corrected chi connectivity index (χ0v) is 14.8. The van der Waals surface area contributed by atoms with Crippen molar-refractivity contribution in [1.29, 1.82) is 0 Å². The van der Waals surface area contributed by atoms with Crippen molar-refractivity contribution in [3.05, 3.63) is 53.6 Å². The number of carbonyl (C=O) groups excluding carboxylic acids is 3. The van der Waals surface area contributed by atoms with E-state index in [2.05, 4.69) is 5.32 Å². The molecule has 3 rings (SSSR count). The number of rotatable bonds is 5. The van der Waals surface area contributed by atoms with Crippen LogP contribution in [0.1, 0.15) is 27.6 Å². The number of para-hydroxylation sites is 1. The molecule has 4 N–H and O–H groups in total. The number of nitrogens with one attached hydrogen (secondary N) is 1. The van der Waals surface area contributed by atoms with Crippen molar-refractivity contribution in [2.75, 3.05) is 16.8 Å². The minimum Gasteiger partial charge on any atom is -0.479 e. The lowest BCUT2D eigenvalue weighted by Gasteiger charge is -2.32. The Hall–Kier alpha value is -3.88. The number of hydrogen-bond acceptors (Lipinski definition) is 5. The van der Waals surface area contributed by atoms with Gasteiger partial charge in [-0.2, -0.15) is 0 Å². The van der Waals surface area contributed by atoms with Crippen LogP contribution in [0.2, 0.25) is 0 Å². The number of benzene rings is 2. The normalized spacial score (nSPS) is 15.4. The number of aromatic carboxylic acids is 1. The van der Waals surface area contributed by atoms with Crippen molar-refractivity contribution in [3.63, 3.8) is 0 Å². The molecule has 0 saturated heterocycles. The van der Waals surface area contributed by atoms with Crippen molar-refractivity contribution in [2.24, 2.45) is 5.73 Å². The molecule has 1 atom stereocenters. The van der Waals surface area contributed by atoms with E-state index in [1.807, 2.05) is 0 Å². The fourth-order valence-corrected chi connectivity index (χ4v) is 2.84. The first kappa shape index (κ1) is 18.9. The topological polar surface area (TPSA) is 139 Å². The highest BCUT2D eigenvalue weighted by Gasteiger charge is 2.33. The molecule has 0 saturated carbocycles. The van der Waals surface area contributed by atoms with E-state index in [4.69, 9.17) is 10.5 Å². The fourth-order valence-electron chi connectivity index (χ4n) is 2.84. The summed E-state index contributed by atoms with van der Waals surface area (Å²) in [5, 5.41) is 11.7. The Labute approximate surface area is 159 Å². The van der Waals surface area contributed by atoms with E-state index in [1.165, 1.54) is 37.3 Å². The number of hydrogen-bond donors (Lipinski definition) is 3. The molecule has 0 aliphatic carbocycles. The van der Waals surface area contributed by atoms with Gasteiger partial charge in [0.25, 0.3) is 11.8 Å². The Kier molecular flexibility index (Phi) is 4.99. The summed E-state index contributed by atoms with van der Waals surface area (Å²) in [6.07, 6.45) is -0.839. The lowest BCUT2D eigenvalue weighted by atomic mass is 10.1. The van der Waals surface area contributed by atoms with Crippen molar-refractivity contribution in [3.8, 4) is 5.75 Å². The van der Waals surface area contributed by atoms with Crippen LogP contribution in [0.15, 0.2) is 42.5 Å². The van der Waals surface area contributed by atoms with Crippen LogP contribution in [0.3, 0.4) is 0 Å². The zero-order valence-electron chi connectivity index (χ0n) is 14.8. The summed E-state index contributed by atoms with van der Waals surface area (Å²) in [5.41, 5.74) is 5.78. The Bertz CT molecular complexity index is 987. The second-order valence-electron chi connectivity index (χ2n) is 6.13. The molecule has 1 heterocycles. The Morgan fingerprint density at radius 2 is 1.93 bits per heavy atom. The fraction of sp³-hybridized carbons (Fsp3) is 0.158. The van der Waals surface area contributed by atoms with Gasteiger partial charge in [0.15, 0.2) is 6.10 Å². The molecule has 0 fully saturated rings. The van der Waals surface area contributed by atoms with Crippen LogP contribution < -0.4 is 20.7 Å².